The van der Waals surface area contributed by atoms with Crippen LogP contribution in [0, 0.1) is 0 Å². The maximum atomic E-state index is 9.00. The Morgan fingerprint density at radius 2 is 1.67 bits per heavy atom. The van der Waals surface area contributed by atoms with Gasteiger partial charge < -0.3 is 5.11 Å². The van der Waals surface area contributed by atoms with Crippen molar-refractivity contribution in [1.29, 1.82) is 0 Å². The quantitative estimate of drug-likeness (QED) is 0.660. The molecular weight excluding hydrogens is 269 g/mol. The molecule has 0 saturated heterocycles. The van der Waals surface area contributed by atoms with Gasteiger partial charge in [0.2, 0.25) is 0 Å². The Labute approximate surface area is 53.5 Å². The predicted molar refractivity (Wildman–Crippen MR) is 19.2 cm³/mol. The van der Waals surface area contributed by atoms with E-state index in [1.807, 2.05) is 0 Å². The molecule has 0 aromatic heterocycles. The summed E-state index contributed by atoms with van der Waals surface area (Å²) in [5.41, 5.74) is 0. The van der Waals surface area contributed by atoms with Gasteiger partial charge >= 0.3 is 30.6 Å². The molecule has 0 rings (SSSR count). The van der Waals surface area contributed by atoms with Crippen LogP contribution in [0.5, 0.6) is 0 Å². The Hall–Kier alpha value is 0.405. The van der Waals surface area contributed by atoms with E-state index >= 15 is 0 Å². The maximum absolute atomic E-state index is 9.00. The summed E-state index contributed by atoms with van der Waals surface area (Å²) in [7, 11) is 0. The molecule has 0 spiro atoms. The molecule has 0 aliphatic rings. The summed E-state index contributed by atoms with van der Waals surface area (Å²) in [6.45, 7) is 1.08. The van der Waals surface area contributed by atoms with Crippen LogP contribution in [0.3, 0.4) is 0 Å². The second-order valence-electron chi connectivity index (χ2n) is 0.519. The number of carboxylic acids is 1. The number of rotatable bonds is 0. The van der Waals surface area contributed by atoms with Crippen molar-refractivity contribution in [2.75, 3.05) is 0 Å². The van der Waals surface area contributed by atoms with Crippen LogP contribution in [0.15, 0.2) is 0 Å². The standard InChI is InChI=1S/C2H4O2.CH3.Hg/c1-2(3)4;;/h1H3,(H,3,4);1H3;. The Kier molecular flexibility index (Phi) is 14.5. The first kappa shape index (κ1) is 9.64. The van der Waals surface area contributed by atoms with Crippen molar-refractivity contribution >= 4 is 5.97 Å². The molecule has 0 radical (unpaired) electrons. The van der Waals surface area contributed by atoms with Gasteiger partial charge in [0.05, 0.1) is 0 Å². The van der Waals surface area contributed by atoms with Gasteiger partial charge in [-0.1, -0.05) is 0 Å². The first-order chi connectivity index (χ1) is 2.73. The topological polar surface area (TPSA) is 37.3 Å². The number of hydrogen-bond donors (Lipinski definition) is 1. The van der Waals surface area contributed by atoms with Crippen LogP contribution >= 0.6 is 0 Å². The molecule has 0 heterocycles. The van der Waals surface area contributed by atoms with Crippen LogP contribution in [0.1, 0.15) is 6.92 Å². The monoisotopic (exact) mass is 277 g/mol. The van der Waals surface area contributed by atoms with E-state index < -0.39 is 5.97 Å². The van der Waals surface area contributed by atoms with Crippen molar-refractivity contribution < 1.29 is 36.0 Å². The van der Waals surface area contributed by atoms with Gasteiger partial charge in [0.15, 0.2) is 0 Å². The van der Waals surface area contributed by atoms with E-state index in [-0.39, 0.29) is 0 Å². The van der Waals surface area contributed by atoms with Crippen molar-refractivity contribution in [3.05, 3.63) is 0 Å². The van der Waals surface area contributed by atoms with E-state index in [1.165, 1.54) is 0 Å². The molecule has 0 atom stereocenters. The van der Waals surface area contributed by atoms with Gasteiger partial charge in [-0.05, 0) is 0 Å². The van der Waals surface area contributed by atoms with Crippen molar-refractivity contribution in [3.63, 3.8) is 0 Å². The fraction of sp³-hybridized carbons (Fsp3) is 0.667. The molecule has 6 heavy (non-hydrogen) atoms. The summed E-state index contributed by atoms with van der Waals surface area (Å²) in [6, 6.07) is 0. The van der Waals surface area contributed by atoms with Gasteiger partial charge in [0.25, 0.3) is 5.97 Å². The van der Waals surface area contributed by atoms with E-state index in [4.69, 9.17) is 9.90 Å². The molecule has 2 nitrogen and oxygen atoms in total. The summed E-state index contributed by atoms with van der Waals surface area (Å²) in [6.07, 6.45) is 0. The number of carbonyl (C=O) groups is 1. The first-order valence-corrected chi connectivity index (χ1v) is 7.13. The van der Waals surface area contributed by atoms with Crippen LogP contribution in [-0.2, 0) is 30.9 Å². The molecule has 0 aromatic rings. The first-order valence-electron chi connectivity index (χ1n) is 1.63. The summed E-state index contributed by atoms with van der Waals surface area (Å²) >= 11 is 1.03. The predicted octanol–water partition coefficient (Wildman–Crippen LogP) is 0.672. The van der Waals surface area contributed by atoms with Gasteiger partial charge in [-0.2, -0.15) is 0 Å². The van der Waals surface area contributed by atoms with Crippen molar-refractivity contribution in [2.45, 2.75) is 11.4 Å². The SMILES string of the molecule is CC(=O)O.[CH3][Hg]. The number of carboxylic acid groups (broad SMARTS) is 1. The van der Waals surface area contributed by atoms with E-state index in [9.17, 15) is 0 Å². The molecule has 3 heteroatoms. The Morgan fingerprint density at radius 1 is 1.67 bits per heavy atom. The third kappa shape index (κ3) is 311. The zero-order chi connectivity index (χ0) is 5.58. The van der Waals surface area contributed by atoms with Crippen LogP contribution in [0.4, 0.5) is 0 Å². The zero-order valence-corrected chi connectivity index (χ0v) is 9.56. The van der Waals surface area contributed by atoms with E-state index in [0.29, 0.717) is 0 Å². The number of hydrogen-bond acceptors (Lipinski definition) is 1. The molecule has 0 aliphatic heterocycles. The molecular formula is C3H7HgO2. The van der Waals surface area contributed by atoms with Gasteiger partial charge in [0, 0.05) is 6.92 Å². The van der Waals surface area contributed by atoms with E-state index in [0.717, 1.165) is 33.0 Å². The zero-order valence-electron chi connectivity index (χ0n) is 4.06. The third-order valence-corrected chi connectivity index (χ3v) is 0. The Bertz CT molecular complexity index is 31.8. The molecule has 0 aromatic carbocycles. The number of aliphatic carboxylic acids is 1. The normalized spacial score (nSPS) is 5.33. The average Bonchev–Trinajstić information content (AvgIpc) is 1.41. The van der Waals surface area contributed by atoms with Crippen molar-refractivity contribution in [2.24, 2.45) is 0 Å². The molecule has 0 bridgehead atoms. The van der Waals surface area contributed by atoms with Crippen LogP contribution in [0.25, 0.3) is 0 Å². The molecule has 0 amide bonds. The molecule has 0 aliphatic carbocycles. The fourth-order valence-electron chi connectivity index (χ4n) is 0. The summed E-state index contributed by atoms with van der Waals surface area (Å²) < 4.78 is 2.19. The average molecular weight is 276 g/mol. The van der Waals surface area contributed by atoms with E-state index in [2.05, 4.69) is 4.43 Å². The second kappa shape index (κ2) is 9.05. The Balaban J connectivity index is 0. The fourth-order valence-corrected chi connectivity index (χ4v) is 0. The summed E-state index contributed by atoms with van der Waals surface area (Å²) in [5, 5.41) is 7.42. The van der Waals surface area contributed by atoms with Crippen molar-refractivity contribution in [1.82, 2.24) is 0 Å². The molecule has 0 unspecified atom stereocenters. The summed E-state index contributed by atoms with van der Waals surface area (Å²) in [4.78, 5) is 9.00. The molecule has 0 fully saturated rings. The molecule has 33 valence electrons. The van der Waals surface area contributed by atoms with Crippen LogP contribution < -0.4 is 0 Å². The van der Waals surface area contributed by atoms with Crippen molar-refractivity contribution in [3.8, 4) is 0 Å². The van der Waals surface area contributed by atoms with Gasteiger partial charge in [0.1, 0.15) is 0 Å². The third-order valence-electron chi connectivity index (χ3n) is 0. The minimum absolute atomic E-state index is 0.833. The van der Waals surface area contributed by atoms with E-state index in [1.54, 1.807) is 0 Å². The second-order valence-corrected chi connectivity index (χ2v) is 0.519. The molecule has 1 N–H and O–H groups in total. The minimum atomic E-state index is -0.833. The van der Waals surface area contributed by atoms with Crippen LogP contribution in [-0.4, -0.2) is 11.1 Å². The van der Waals surface area contributed by atoms with Gasteiger partial charge in [-0.15, -0.1) is 0 Å². The van der Waals surface area contributed by atoms with Crippen LogP contribution in [0.2, 0.25) is 4.43 Å². The van der Waals surface area contributed by atoms with Gasteiger partial charge in [-0.25, -0.2) is 0 Å². The summed E-state index contributed by atoms with van der Waals surface area (Å²) in [5.74, 6) is -0.833. The Morgan fingerprint density at radius 3 is 1.67 bits per heavy atom. The van der Waals surface area contributed by atoms with Gasteiger partial charge in [-0.3, -0.25) is 4.79 Å². The molecule has 0 saturated carbocycles.